The molecule has 16 heavy (non-hydrogen) atoms. The molecule has 2 aromatic rings. The molecule has 1 N–H and O–H groups in total. The van der Waals surface area contributed by atoms with Gasteiger partial charge in [0.05, 0.1) is 6.54 Å². The van der Waals surface area contributed by atoms with E-state index >= 15 is 0 Å². The molecule has 0 saturated carbocycles. The minimum Gasteiger partial charge on any atom is -0.379 e. The van der Waals surface area contributed by atoms with Gasteiger partial charge in [0.15, 0.2) is 0 Å². The lowest BCUT2D eigenvalue weighted by molar-refractivity contribution is 0.724. The molecule has 84 valence electrons. The smallest absolute Gasteiger partial charge is 0.0553 e. The van der Waals surface area contributed by atoms with Gasteiger partial charge in [-0.3, -0.25) is 0 Å². The average molecular weight is 279 g/mol. The van der Waals surface area contributed by atoms with E-state index in [1.165, 1.54) is 5.69 Å². The zero-order valence-corrected chi connectivity index (χ0v) is 10.9. The van der Waals surface area contributed by atoms with Gasteiger partial charge < -0.3 is 9.88 Å². The van der Waals surface area contributed by atoms with Crippen molar-refractivity contribution in [2.45, 2.75) is 20.0 Å². The summed E-state index contributed by atoms with van der Waals surface area (Å²) in [7, 11) is 0. The van der Waals surface area contributed by atoms with Gasteiger partial charge in [0, 0.05) is 28.6 Å². The molecule has 3 heteroatoms. The Balaban J connectivity index is 1.99. The summed E-state index contributed by atoms with van der Waals surface area (Å²) < 4.78 is 3.35. The molecule has 0 radical (unpaired) electrons. The molecule has 1 aromatic carbocycles. The van der Waals surface area contributed by atoms with Gasteiger partial charge >= 0.3 is 0 Å². The molecule has 0 amide bonds. The van der Waals surface area contributed by atoms with Crippen LogP contribution in [0.25, 0.3) is 0 Å². The molecule has 0 fully saturated rings. The van der Waals surface area contributed by atoms with E-state index in [1.807, 2.05) is 12.1 Å². The van der Waals surface area contributed by atoms with Crippen LogP contribution < -0.4 is 5.32 Å². The number of hydrogen-bond donors (Lipinski definition) is 1. The second kappa shape index (κ2) is 5.21. The Bertz CT molecular complexity index is 445. The predicted molar refractivity (Wildman–Crippen MR) is 71.6 cm³/mol. The van der Waals surface area contributed by atoms with Crippen molar-refractivity contribution in [2.75, 3.05) is 5.32 Å². The zero-order valence-electron chi connectivity index (χ0n) is 9.28. The zero-order chi connectivity index (χ0) is 11.4. The highest BCUT2D eigenvalue weighted by atomic mass is 79.9. The fourth-order valence-corrected chi connectivity index (χ4v) is 1.94. The predicted octanol–water partition coefficient (Wildman–Crippen LogP) is 3.88. The van der Waals surface area contributed by atoms with E-state index < -0.39 is 0 Å². The lowest BCUT2D eigenvalue weighted by Gasteiger charge is -2.09. The monoisotopic (exact) mass is 278 g/mol. The van der Waals surface area contributed by atoms with Crippen LogP contribution >= 0.6 is 15.9 Å². The van der Waals surface area contributed by atoms with E-state index in [-0.39, 0.29) is 0 Å². The van der Waals surface area contributed by atoms with E-state index in [9.17, 15) is 0 Å². The average Bonchev–Trinajstić information content (AvgIpc) is 2.76. The van der Waals surface area contributed by atoms with Crippen molar-refractivity contribution in [2.24, 2.45) is 0 Å². The standard InChI is InChI=1S/C13H15BrN2/c1-2-16-9-3-4-13(16)10-15-12-7-5-11(14)6-8-12/h3-9,15H,2,10H2,1H3. The van der Waals surface area contributed by atoms with Crippen LogP contribution in [0.1, 0.15) is 12.6 Å². The van der Waals surface area contributed by atoms with Gasteiger partial charge in [0.2, 0.25) is 0 Å². The molecule has 0 atom stereocenters. The minimum atomic E-state index is 0.864. The van der Waals surface area contributed by atoms with Gasteiger partial charge in [0.1, 0.15) is 0 Å². The van der Waals surface area contributed by atoms with Crippen molar-refractivity contribution in [1.29, 1.82) is 0 Å². The highest BCUT2D eigenvalue weighted by molar-refractivity contribution is 9.10. The molecule has 0 aliphatic carbocycles. The molecule has 2 nitrogen and oxygen atoms in total. The summed E-state index contributed by atoms with van der Waals surface area (Å²) in [5, 5.41) is 3.41. The van der Waals surface area contributed by atoms with Crippen molar-refractivity contribution < 1.29 is 0 Å². The maximum Gasteiger partial charge on any atom is 0.0553 e. The lowest BCUT2D eigenvalue weighted by atomic mass is 10.3. The number of aryl methyl sites for hydroxylation is 1. The molecule has 0 unspecified atom stereocenters. The van der Waals surface area contributed by atoms with E-state index in [2.05, 4.69) is 63.2 Å². The van der Waals surface area contributed by atoms with Crippen LogP contribution in [-0.4, -0.2) is 4.57 Å². The summed E-state index contributed by atoms with van der Waals surface area (Å²) in [6.45, 7) is 4.04. The number of benzene rings is 1. The number of rotatable bonds is 4. The summed E-state index contributed by atoms with van der Waals surface area (Å²) in [5.74, 6) is 0. The molecular formula is C13H15BrN2. The fourth-order valence-electron chi connectivity index (χ4n) is 1.68. The molecule has 0 saturated heterocycles. The summed E-state index contributed by atoms with van der Waals surface area (Å²) in [6.07, 6.45) is 2.11. The fraction of sp³-hybridized carbons (Fsp3) is 0.231. The highest BCUT2D eigenvalue weighted by Crippen LogP contribution is 2.15. The first kappa shape index (κ1) is 11.3. The first-order valence-electron chi connectivity index (χ1n) is 5.43. The van der Waals surface area contributed by atoms with E-state index in [0.717, 1.165) is 23.2 Å². The third-order valence-corrected chi connectivity index (χ3v) is 3.11. The third kappa shape index (κ3) is 2.67. The Morgan fingerprint density at radius 3 is 2.62 bits per heavy atom. The number of halogens is 1. The number of nitrogens with zero attached hydrogens (tertiary/aromatic N) is 1. The van der Waals surface area contributed by atoms with E-state index in [0.29, 0.717) is 0 Å². The summed E-state index contributed by atoms with van der Waals surface area (Å²) in [4.78, 5) is 0. The first-order valence-corrected chi connectivity index (χ1v) is 6.22. The Kier molecular flexibility index (Phi) is 3.67. The maximum atomic E-state index is 3.43. The van der Waals surface area contributed by atoms with Crippen LogP contribution in [0.15, 0.2) is 47.1 Å². The van der Waals surface area contributed by atoms with Gasteiger partial charge in [-0.1, -0.05) is 15.9 Å². The topological polar surface area (TPSA) is 17.0 Å². The summed E-state index contributed by atoms with van der Waals surface area (Å²) in [6, 6.07) is 12.5. The van der Waals surface area contributed by atoms with Crippen molar-refractivity contribution >= 4 is 21.6 Å². The highest BCUT2D eigenvalue weighted by Gasteiger charge is 1.98. The second-order valence-electron chi connectivity index (χ2n) is 3.65. The molecule has 0 aliphatic heterocycles. The molecule has 1 aromatic heterocycles. The van der Waals surface area contributed by atoms with Gasteiger partial charge in [0.25, 0.3) is 0 Å². The number of aromatic nitrogens is 1. The Morgan fingerprint density at radius 2 is 1.94 bits per heavy atom. The maximum absolute atomic E-state index is 3.43. The van der Waals surface area contributed by atoms with Crippen molar-refractivity contribution in [3.8, 4) is 0 Å². The van der Waals surface area contributed by atoms with Crippen LogP contribution in [0.5, 0.6) is 0 Å². The molecule has 0 aliphatic rings. The number of nitrogens with one attached hydrogen (secondary N) is 1. The van der Waals surface area contributed by atoms with Gasteiger partial charge in [-0.25, -0.2) is 0 Å². The normalized spacial score (nSPS) is 10.4. The number of anilines is 1. The van der Waals surface area contributed by atoms with Crippen molar-refractivity contribution in [1.82, 2.24) is 4.57 Å². The van der Waals surface area contributed by atoms with Crippen LogP contribution in [-0.2, 0) is 13.1 Å². The van der Waals surface area contributed by atoms with E-state index in [1.54, 1.807) is 0 Å². The third-order valence-electron chi connectivity index (χ3n) is 2.58. The van der Waals surface area contributed by atoms with Crippen LogP contribution in [0.4, 0.5) is 5.69 Å². The largest absolute Gasteiger partial charge is 0.379 e. The van der Waals surface area contributed by atoms with Crippen molar-refractivity contribution in [3.63, 3.8) is 0 Å². The molecular weight excluding hydrogens is 264 g/mol. The van der Waals surface area contributed by atoms with E-state index in [4.69, 9.17) is 0 Å². The van der Waals surface area contributed by atoms with Gasteiger partial charge in [-0.05, 0) is 43.3 Å². The molecule has 1 heterocycles. The SMILES string of the molecule is CCn1cccc1CNc1ccc(Br)cc1. The number of hydrogen-bond acceptors (Lipinski definition) is 1. The van der Waals surface area contributed by atoms with Gasteiger partial charge in [-0.2, -0.15) is 0 Å². The molecule has 0 bridgehead atoms. The van der Waals surface area contributed by atoms with Crippen LogP contribution in [0.2, 0.25) is 0 Å². The van der Waals surface area contributed by atoms with Crippen molar-refractivity contribution in [3.05, 3.63) is 52.8 Å². The molecule has 0 spiro atoms. The molecule has 2 rings (SSSR count). The second-order valence-corrected chi connectivity index (χ2v) is 4.56. The first-order chi connectivity index (χ1) is 7.79. The minimum absolute atomic E-state index is 0.864. The quantitative estimate of drug-likeness (QED) is 0.898. The summed E-state index contributed by atoms with van der Waals surface area (Å²) in [5.41, 5.74) is 2.46. The Morgan fingerprint density at radius 1 is 1.19 bits per heavy atom. The lowest BCUT2D eigenvalue weighted by Crippen LogP contribution is -2.05. The Hall–Kier alpha value is -1.22. The van der Waals surface area contributed by atoms with Crippen LogP contribution in [0.3, 0.4) is 0 Å². The van der Waals surface area contributed by atoms with Crippen LogP contribution in [0, 0.1) is 0 Å². The summed E-state index contributed by atoms with van der Waals surface area (Å²) >= 11 is 3.43. The van der Waals surface area contributed by atoms with Gasteiger partial charge in [-0.15, -0.1) is 0 Å². The Labute approximate surface area is 104 Å².